The van der Waals surface area contributed by atoms with E-state index in [0.717, 1.165) is 5.56 Å². The standard InChI is InChI=1S/C12H15N3O/c1-7(2)6-16-9-5-3-4-8-10(9)12(14)15-11(8)13/h3-5,7H,6H2,1-2H3,(H3,13,14,15). The van der Waals surface area contributed by atoms with E-state index in [1.807, 2.05) is 18.2 Å². The van der Waals surface area contributed by atoms with Crippen LogP contribution in [-0.2, 0) is 0 Å². The van der Waals surface area contributed by atoms with Crippen LogP contribution in [0.3, 0.4) is 0 Å². The van der Waals surface area contributed by atoms with Crippen molar-refractivity contribution in [3.63, 3.8) is 0 Å². The summed E-state index contributed by atoms with van der Waals surface area (Å²) in [5.41, 5.74) is 7.22. The van der Waals surface area contributed by atoms with Gasteiger partial charge in [0.25, 0.3) is 0 Å². The highest BCUT2D eigenvalue weighted by Crippen LogP contribution is 2.27. The maximum atomic E-state index is 7.74. The Balaban J connectivity index is 2.33. The number of amidine groups is 2. The maximum absolute atomic E-state index is 7.74. The molecule has 0 bridgehead atoms. The summed E-state index contributed by atoms with van der Waals surface area (Å²) in [6.07, 6.45) is 0. The van der Waals surface area contributed by atoms with Gasteiger partial charge in [-0.1, -0.05) is 26.0 Å². The molecule has 0 atom stereocenters. The van der Waals surface area contributed by atoms with Crippen molar-refractivity contribution in [2.24, 2.45) is 16.6 Å². The summed E-state index contributed by atoms with van der Waals surface area (Å²) in [6.45, 7) is 4.79. The van der Waals surface area contributed by atoms with Gasteiger partial charge in [-0.15, -0.1) is 0 Å². The van der Waals surface area contributed by atoms with Crippen LogP contribution in [0.1, 0.15) is 25.0 Å². The summed E-state index contributed by atoms with van der Waals surface area (Å²) in [6, 6.07) is 5.58. The summed E-state index contributed by atoms with van der Waals surface area (Å²) in [5.74, 6) is 1.73. The van der Waals surface area contributed by atoms with E-state index in [4.69, 9.17) is 15.9 Å². The second-order valence-electron chi connectivity index (χ2n) is 4.23. The molecule has 1 heterocycles. The van der Waals surface area contributed by atoms with Crippen LogP contribution in [0.4, 0.5) is 0 Å². The van der Waals surface area contributed by atoms with Crippen molar-refractivity contribution in [1.82, 2.24) is 0 Å². The first-order valence-corrected chi connectivity index (χ1v) is 5.29. The predicted molar refractivity (Wildman–Crippen MR) is 64.3 cm³/mol. The average molecular weight is 217 g/mol. The summed E-state index contributed by atoms with van der Waals surface area (Å²) < 4.78 is 5.66. The number of benzene rings is 1. The Hall–Kier alpha value is -1.84. The number of nitrogens with one attached hydrogen (secondary N) is 1. The van der Waals surface area contributed by atoms with Gasteiger partial charge >= 0.3 is 0 Å². The van der Waals surface area contributed by atoms with Gasteiger partial charge in [0.15, 0.2) is 5.84 Å². The van der Waals surface area contributed by atoms with E-state index in [0.29, 0.717) is 29.7 Å². The Bertz CT molecular complexity index is 463. The van der Waals surface area contributed by atoms with E-state index >= 15 is 0 Å². The van der Waals surface area contributed by atoms with Crippen molar-refractivity contribution in [3.05, 3.63) is 29.3 Å². The van der Waals surface area contributed by atoms with Crippen molar-refractivity contribution in [2.75, 3.05) is 6.61 Å². The first kappa shape index (κ1) is 10.7. The van der Waals surface area contributed by atoms with Gasteiger partial charge in [0.2, 0.25) is 0 Å². The van der Waals surface area contributed by atoms with Gasteiger partial charge in [0.05, 0.1) is 12.2 Å². The minimum Gasteiger partial charge on any atom is -0.493 e. The zero-order chi connectivity index (χ0) is 11.7. The molecule has 0 radical (unpaired) electrons. The van der Waals surface area contributed by atoms with Gasteiger partial charge in [-0.25, -0.2) is 4.99 Å². The number of fused-ring (bicyclic) bond motifs is 1. The minimum absolute atomic E-state index is 0.187. The number of hydrogen-bond acceptors (Lipinski definition) is 3. The lowest BCUT2D eigenvalue weighted by atomic mass is 10.1. The normalized spacial score (nSPS) is 13.9. The van der Waals surface area contributed by atoms with E-state index in [2.05, 4.69) is 18.8 Å². The summed E-state index contributed by atoms with van der Waals surface area (Å²) in [7, 11) is 0. The van der Waals surface area contributed by atoms with Crippen LogP contribution in [-0.4, -0.2) is 18.3 Å². The molecule has 3 N–H and O–H groups in total. The van der Waals surface area contributed by atoms with Crippen molar-refractivity contribution in [3.8, 4) is 5.75 Å². The summed E-state index contributed by atoms with van der Waals surface area (Å²) in [5, 5.41) is 7.74. The molecule has 1 aromatic rings. The Kier molecular flexibility index (Phi) is 2.64. The minimum atomic E-state index is 0.187. The molecule has 0 unspecified atom stereocenters. The lowest BCUT2D eigenvalue weighted by Crippen LogP contribution is -2.11. The predicted octanol–water partition coefficient (Wildman–Crippen LogP) is 1.77. The van der Waals surface area contributed by atoms with Gasteiger partial charge < -0.3 is 10.5 Å². The quantitative estimate of drug-likeness (QED) is 0.809. The third-order valence-electron chi connectivity index (χ3n) is 2.34. The van der Waals surface area contributed by atoms with Crippen LogP contribution >= 0.6 is 0 Å². The van der Waals surface area contributed by atoms with Crippen molar-refractivity contribution >= 4 is 11.7 Å². The Morgan fingerprint density at radius 2 is 2.19 bits per heavy atom. The molecule has 16 heavy (non-hydrogen) atoms. The highest BCUT2D eigenvalue weighted by molar-refractivity contribution is 6.22. The first-order chi connectivity index (χ1) is 7.59. The number of hydrogen-bond donors (Lipinski definition) is 2. The number of rotatable bonds is 3. The van der Waals surface area contributed by atoms with Crippen LogP contribution in [0.25, 0.3) is 0 Å². The highest BCUT2D eigenvalue weighted by Gasteiger charge is 2.22. The molecule has 1 aliphatic heterocycles. The molecule has 0 spiro atoms. The fourth-order valence-corrected chi connectivity index (χ4v) is 1.60. The Labute approximate surface area is 94.6 Å². The van der Waals surface area contributed by atoms with E-state index in [1.165, 1.54) is 0 Å². The van der Waals surface area contributed by atoms with E-state index in [9.17, 15) is 0 Å². The SMILES string of the molecule is CC(C)COc1cccc2c1C(=N)N=C2N. The van der Waals surface area contributed by atoms with Crippen LogP contribution in [0, 0.1) is 11.3 Å². The third-order valence-corrected chi connectivity index (χ3v) is 2.34. The second kappa shape index (κ2) is 3.96. The molecule has 0 amide bonds. The van der Waals surface area contributed by atoms with E-state index in [-0.39, 0.29) is 5.84 Å². The van der Waals surface area contributed by atoms with Gasteiger partial charge in [-0.05, 0) is 12.0 Å². The van der Waals surface area contributed by atoms with Crippen molar-refractivity contribution < 1.29 is 4.74 Å². The van der Waals surface area contributed by atoms with Gasteiger partial charge in [-0.3, -0.25) is 5.41 Å². The Morgan fingerprint density at radius 1 is 1.44 bits per heavy atom. The molecule has 0 saturated carbocycles. The number of aliphatic imine (C=N–C) groups is 1. The van der Waals surface area contributed by atoms with Crippen LogP contribution in [0.5, 0.6) is 5.75 Å². The fraction of sp³-hybridized carbons (Fsp3) is 0.333. The lowest BCUT2D eigenvalue weighted by molar-refractivity contribution is 0.270. The average Bonchev–Trinajstić information content (AvgIpc) is 2.52. The van der Waals surface area contributed by atoms with E-state index < -0.39 is 0 Å². The molecule has 0 saturated heterocycles. The molecule has 84 valence electrons. The molecule has 0 fully saturated rings. The van der Waals surface area contributed by atoms with Gasteiger partial charge in [-0.2, -0.15) is 0 Å². The smallest absolute Gasteiger partial charge is 0.158 e. The number of nitrogens with two attached hydrogens (primary N) is 1. The fourth-order valence-electron chi connectivity index (χ4n) is 1.60. The monoisotopic (exact) mass is 217 g/mol. The molecule has 0 aliphatic carbocycles. The largest absolute Gasteiger partial charge is 0.493 e. The molecule has 0 aromatic heterocycles. The lowest BCUT2D eigenvalue weighted by Gasteiger charge is -2.11. The summed E-state index contributed by atoms with van der Waals surface area (Å²) >= 11 is 0. The molecule has 1 aromatic carbocycles. The van der Waals surface area contributed by atoms with Crippen LogP contribution < -0.4 is 10.5 Å². The zero-order valence-electron chi connectivity index (χ0n) is 9.45. The molecule has 1 aliphatic rings. The van der Waals surface area contributed by atoms with Crippen LogP contribution in [0.2, 0.25) is 0 Å². The number of nitrogens with zero attached hydrogens (tertiary/aromatic N) is 1. The summed E-state index contributed by atoms with van der Waals surface area (Å²) in [4.78, 5) is 3.94. The topological polar surface area (TPSA) is 71.5 Å². The Morgan fingerprint density at radius 3 is 2.88 bits per heavy atom. The van der Waals surface area contributed by atoms with E-state index in [1.54, 1.807) is 0 Å². The van der Waals surface area contributed by atoms with Gasteiger partial charge in [0, 0.05) is 5.56 Å². The molecule has 4 heteroatoms. The third kappa shape index (κ3) is 1.78. The van der Waals surface area contributed by atoms with Crippen molar-refractivity contribution in [2.45, 2.75) is 13.8 Å². The van der Waals surface area contributed by atoms with Crippen LogP contribution in [0.15, 0.2) is 23.2 Å². The first-order valence-electron chi connectivity index (χ1n) is 5.29. The zero-order valence-corrected chi connectivity index (χ0v) is 9.45. The second-order valence-corrected chi connectivity index (χ2v) is 4.23. The molecular weight excluding hydrogens is 202 g/mol. The van der Waals surface area contributed by atoms with Crippen molar-refractivity contribution in [1.29, 1.82) is 5.41 Å². The number of ether oxygens (including phenoxy) is 1. The maximum Gasteiger partial charge on any atom is 0.158 e. The molecule has 4 nitrogen and oxygen atoms in total. The molecular formula is C12H15N3O. The van der Waals surface area contributed by atoms with Gasteiger partial charge in [0.1, 0.15) is 11.6 Å². The molecule has 2 rings (SSSR count). The highest BCUT2D eigenvalue weighted by atomic mass is 16.5.